The van der Waals surface area contributed by atoms with Crippen LogP contribution in [0.25, 0.3) is 0 Å². The third kappa shape index (κ3) is 4.90. The third-order valence-corrected chi connectivity index (χ3v) is 3.86. The molecule has 0 unspecified atom stereocenters. The number of hydrogen-bond donors (Lipinski definition) is 1. The summed E-state index contributed by atoms with van der Waals surface area (Å²) in [4.78, 5) is 16.3. The molecular weight excluding hydrogens is 286 g/mol. The fourth-order valence-electron chi connectivity index (χ4n) is 2.38. The standard InChI is InChI=1S/C16H24ClN3O/c1-16(2,3)18-15(21)20-10-8-19(9-11-20)12-13-6-4-5-7-14(13)17/h4-7H,8-12H2,1-3H3,(H,18,21). The molecule has 0 aliphatic carbocycles. The van der Waals surface area contributed by atoms with Crippen molar-refractivity contribution in [2.45, 2.75) is 32.9 Å². The summed E-state index contributed by atoms with van der Waals surface area (Å²) in [5, 5.41) is 3.82. The van der Waals surface area contributed by atoms with Crippen LogP contribution < -0.4 is 5.32 Å². The summed E-state index contributed by atoms with van der Waals surface area (Å²) >= 11 is 6.19. The Balaban J connectivity index is 1.83. The Morgan fingerprint density at radius 1 is 1.19 bits per heavy atom. The van der Waals surface area contributed by atoms with Crippen molar-refractivity contribution < 1.29 is 4.79 Å². The fraction of sp³-hybridized carbons (Fsp3) is 0.562. The number of carbonyl (C=O) groups is 1. The number of amides is 2. The highest BCUT2D eigenvalue weighted by Crippen LogP contribution is 2.18. The summed E-state index contributed by atoms with van der Waals surface area (Å²) in [6, 6.07) is 7.96. The minimum Gasteiger partial charge on any atom is -0.333 e. The van der Waals surface area contributed by atoms with E-state index in [9.17, 15) is 4.79 Å². The number of nitrogens with one attached hydrogen (secondary N) is 1. The van der Waals surface area contributed by atoms with Crippen molar-refractivity contribution in [2.75, 3.05) is 26.2 Å². The van der Waals surface area contributed by atoms with Crippen LogP contribution in [-0.4, -0.2) is 47.5 Å². The molecular formula is C16H24ClN3O. The van der Waals surface area contributed by atoms with Gasteiger partial charge in [-0.1, -0.05) is 29.8 Å². The first kappa shape index (κ1) is 16.1. The van der Waals surface area contributed by atoms with Crippen LogP contribution in [-0.2, 0) is 6.54 Å². The summed E-state index contributed by atoms with van der Waals surface area (Å²) in [5.74, 6) is 0. The first-order valence-corrected chi connectivity index (χ1v) is 7.76. The Labute approximate surface area is 132 Å². The van der Waals surface area contributed by atoms with E-state index in [1.54, 1.807) is 0 Å². The van der Waals surface area contributed by atoms with Crippen LogP contribution in [0.2, 0.25) is 5.02 Å². The Morgan fingerprint density at radius 2 is 1.81 bits per heavy atom. The van der Waals surface area contributed by atoms with Gasteiger partial charge in [-0.3, -0.25) is 4.90 Å². The second-order valence-electron chi connectivity index (χ2n) is 6.53. The lowest BCUT2D eigenvalue weighted by Crippen LogP contribution is -2.54. The Hall–Kier alpha value is -1.26. The SMILES string of the molecule is CC(C)(C)NC(=O)N1CCN(Cc2ccccc2Cl)CC1. The van der Waals surface area contributed by atoms with E-state index in [4.69, 9.17) is 11.6 Å². The lowest BCUT2D eigenvalue weighted by atomic mass is 10.1. The maximum atomic E-state index is 12.1. The molecule has 0 spiro atoms. The summed E-state index contributed by atoms with van der Waals surface area (Å²) in [7, 11) is 0. The lowest BCUT2D eigenvalue weighted by Gasteiger charge is -2.36. The van der Waals surface area contributed by atoms with E-state index in [2.05, 4.69) is 16.3 Å². The maximum absolute atomic E-state index is 12.1. The fourth-order valence-corrected chi connectivity index (χ4v) is 2.57. The highest BCUT2D eigenvalue weighted by atomic mass is 35.5. The van der Waals surface area contributed by atoms with Crippen LogP contribution in [0.5, 0.6) is 0 Å². The van der Waals surface area contributed by atoms with Crippen LogP contribution in [0.4, 0.5) is 4.79 Å². The van der Waals surface area contributed by atoms with Crippen molar-refractivity contribution in [2.24, 2.45) is 0 Å². The molecule has 1 aliphatic heterocycles. The largest absolute Gasteiger partial charge is 0.333 e. The third-order valence-electron chi connectivity index (χ3n) is 3.49. The van der Waals surface area contributed by atoms with Gasteiger partial charge in [0.15, 0.2) is 0 Å². The number of hydrogen-bond acceptors (Lipinski definition) is 2. The second-order valence-corrected chi connectivity index (χ2v) is 6.94. The molecule has 116 valence electrons. The smallest absolute Gasteiger partial charge is 0.317 e. The minimum absolute atomic E-state index is 0.0277. The van der Waals surface area contributed by atoms with E-state index in [1.165, 1.54) is 0 Å². The van der Waals surface area contributed by atoms with Gasteiger partial charge in [-0.2, -0.15) is 0 Å². The van der Waals surface area contributed by atoms with E-state index in [-0.39, 0.29) is 11.6 Å². The normalized spacial score (nSPS) is 16.9. The van der Waals surface area contributed by atoms with Crippen LogP contribution in [0.3, 0.4) is 0 Å². The zero-order valence-corrected chi connectivity index (χ0v) is 13.8. The number of rotatable bonds is 2. The summed E-state index contributed by atoms with van der Waals surface area (Å²) in [6.45, 7) is 10.1. The van der Waals surface area contributed by atoms with Crippen molar-refractivity contribution in [1.82, 2.24) is 15.1 Å². The van der Waals surface area contributed by atoms with Gasteiger partial charge in [0.2, 0.25) is 0 Å². The highest BCUT2D eigenvalue weighted by molar-refractivity contribution is 6.31. The van der Waals surface area contributed by atoms with Gasteiger partial charge in [0.05, 0.1) is 0 Å². The molecule has 0 saturated carbocycles. The zero-order chi connectivity index (χ0) is 15.5. The molecule has 1 aromatic rings. The predicted molar refractivity (Wildman–Crippen MR) is 86.6 cm³/mol. The van der Waals surface area contributed by atoms with E-state index in [0.717, 1.165) is 43.3 Å². The van der Waals surface area contributed by atoms with Gasteiger partial charge in [0.25, 0.3) is 0 Å². The average molecular weight is 310 g/mol. The highest BCUT2D eigenvalue weighted by Gasteiger charge is 2.24. The molecule has 1 fully saturated rings. The second kappa shape index (κ2) is 6.67. The Kier molecular flexibility index (Phi) is 5.12. The molecule has 4 nitrogen and oxygen atoms in total. The summed E-state index contributed by atoms with van der Waals surface area (Å²) in [6.07, 6.45) is 0. The first-order valence-electron chi connectivity index (χ1n) is 7.38. The minimum atomic E-state index is -0.189. The van der Waals surface area contributed by atoms with Gasteiger partial charge >= 0.3 is 6.03 Å². The predicted octanol–water partition coefficient (Wildman–Crippen LogP) is 2.97. The molecule has 2 amide bonds. The Morgan fingerprint density at radius 3 is 2.38 bits per heavy atom. The van der Waals surface area contributed by atoms with Gasteiger partial charge in [-0.05, 0) is 32.4 Å². The molecule has 1 N–H and O–H groups in total. The number of nitrogens with zero attached hydrogens (tertiary/aromatic N) is 2. The van der Waals surface area contributed by atoms with Gasteiger partial charge < -0.3 is 10.2 Å². The topological polar surface area (TPSA) is 35.6 Å². The monoisotopic (exact) mass is 309 g/mol. The molecule has 1 heterocycles. The van der Waals surface area contributed by atoms with E-state index < -0.39 is 0 Å². The van der Waals surface area contributed by atoms with Crippen molar-refractivity contribution in [1.29, 1.82) is 0 Å². The quantitative estimate of drug-likeness (QED) is 0.911. The van der Waals surface area contributed by atoms with Crippen molar-refractivity contribution in [3.63, 3.8) is 0 Å². The van der Waals surface area contributed by atoms with Gasteiger partial charge in [0, 0.05) is 43.3 Å². The van der Waals surface area contributed by atoms with E-state index >= 15 is 0 Å². The van der Waals surface area contributed by atoms with Gasteiger partial charge in [-0.15, -0.1) is 0 Å². The van der Waals surface area contributed by atoms with Crippen molar-refractivity contribution in [3.05, 3.63) is 34.9 Å². The average Bonchev–Trinajstić information content (AvgIpc) is 2.40. The van der Waals surface area contributed by atoms with Crippen molar-refractivity contribution >= 4 is 17.6 Å². The molecule has 0 radical (unpaired) electrons. The van der Waals surface area contributed by atoms with Crippen LogP contribution in [0.1, 0.15) is 26.3 Å². The Bertz CT molecular complexity index is 491. The molecule has 0 bridgehead atoms. The molecule has 21 heavy (non-hydrogen) atoms. The van der Waals surface area contributed by atoms with E-state index in [0.29, 0.717) is 0 Å². The number of benzene rings is 1. The summed E-state index contributed by atoms with van der Waals surface area (Å²) < 4.78 is 0. The number of urea groups is 1. The van der Waals surface area contributed by atoms with Gasteiger partial charge in [-0.25, -0.2) is 4.79 Å². The first-order chi connectivity index (χ1) is 9.85. The molecule has 0 aromatic heterocycles. The number of carbonyl (C=O) groups excluding carboxylic acids is 1. The zero-order valence-electron chi connectivity index (χ0n) is 13.0. The maximum Gasteiger partial charge on any atom is 0.317 e. The number of halogens is 1. The van der Waals surface area contributed by atoms with E-state index in [1.807, 2.05) is 43.9 Å². The van der Waals surface area contributed by atoms with Crippen LogP contribution in [0.15, 0.2) is 24.3 Å². The molecule has 0 atom stereocenters. The van der Waals surface area contributed by atoms with Crippen LogP contribution in [0, 0.1) is 0 Å². The number of piperazine rings is 1. The van der Waals surface area contributed by atoms with Gasteiger partial charge in [0.1, 0.15) is 0 Å². The lowest BCUT2D eigenvalue weighted by molar-refractivity contribution is 0.131. The van der Waals surface area contributed by atoms with Crippen LogP contribution >= 0.6 is 11.6 Å². The summed E-state index contributed by atoms with van der Waals surface area (Å²) in [5.41, 5.74) is 0.956. The molecule has 1 saturated heterocycles. The molecule has 2 rings (SSSR count). The van der Waals surface area contributed by atoms with Crippen molar-refractivity contribution in [3.8, 4) is 0 Å². The molecule has 1 aliphatic rings. The molecule has 1 aromatic carbocycles. The molecule has 5 heteroatoms.